The Morgan fingerprint density at radius 2 is 0.950 bits per heavy atom. The number of hydrogen-bond donors (Lipinski definition) is 0. The van der Waals surface area contributed by atoms with E-state index in [1.165, 1.54) is 88.2 Å². The first-order valence-electron chi connectivity index (χ1n) is 21.2. The van der Waals surface area contributed by atoms with Crippen molar-refractivity contribution < 1.29 is 0 Å². The fourth-order valence-electron chi connectivity index (χ4n) is 10.9. The van der Waals surface area contributed by atoms with E-state index in [0.717, 1.165) is 22.7 Å². The Hall–Kier alpha value is -7.16. The van der Waals surface area contributed by atoms with Crippen LogP contribution in [0.5, 0.6) is 0 Å². The summed E-state index contributed by atoms with van der Waals surface area (Å²) < 4.78 is 2.51. The van der Waals surface area contributed by atoms with Crippen LogP contribution in [-0.2, 0) is 10.8 Å². The van der Waals surface area contributed by atoms with Crippen LogP contribution in [0.4, 0.5) is 17.1 Å². The summed E-state index contributed by atoms with van der Waals surface area (Å²) in [4.78, 5) is 2.51. The van der Waals surface area contributed by atoms with Gasteiger partial charge in [0.1, 0.15) is 0 Å². The number of para-hydroxylation sites is 1. The van der Waals surface area contributed by atoms with Crippen molar-refractivity contribution in [2.45, 2.75) is 38.5 Å². The average molecular weight is 769 g/mol. The molecule has 0 bridgehead atoms. The Morgan fingerprint density at radius 3 is 1.70 bits per heavy atom. The highest BCUT2D eigenvalue weighted by atomic mass is 15.1. The summed E-state index contributed by atoms with van der Waals surface area (Å²) >= 11 is 0. The van der Waals surface area contributed by atoms with E-state index in [4.69, 9.17) is 0 Å². The summed E-state index contributed by atoms with van der Waals surface area (Å²) in [6, 6.07) is 72.2. The van der Waals surface area contributed by atoms with Gasteiger partial charge in [0.25, 0.3) is 0 Å². The molecular formula is C58H44N2. The molecule has 286 valence electrons. The Kier molecular flexibility index (Phi) is 7.36. The first kappa shape index (κ1) is 34.8. The highest BCUT2D eigenvalue weighted by Crippen LogP contribution is 2.56. The van der Waals surface area contributed by atoms with Crippen molar-refractivity contribution in [1.82, 2.24) is 4.57 Å². The smallest absolute Gasteiger partial charge is 0.0568 e. The van der Waals surface area contributed by atoms with Crippen molar-refractivity contribution in [3.05, 3.63) is 216 Å². The van der Waals surface area contributed by atoms with Gasteiger partial charge in [-0.1, -0.05) is 173 Å². The molecule has 1 aromatic heterocycles. The van der Waals surface area contributed by atoms with Gasteiger partial charge in [-0.2, -0.15) is 0 Å². The monoisotopic (exact) mass is 768 g/mol. The topological polar surface area (TPSA) is 8.17 Å². The van der Waals surface area contributed by atoms with Gasteiger partial charge in [0.05, 0.1) is 16.7 Å². The SMILES string of the molecule is CC1(C)c2ccccc2-c2ccc(N(c3ccc(-c4ccccc4)cc3)c3cc4c(c5ccccc35)c3c5c(ccc3n4-c3ccccc3)C(C)(C)c3ccccc3-5)cc21. The maximum Gasteiger partial charge on any atom is 0.0568 e. The molecule has 12 rings (SSSR count). The number of nitrogens with zero attached hydrogens (tertiary/aromatic N) is 2. The Balaban J connectivity index is 1.19. The lowest BCUT2D eigenvalue weighted by Gasteiger charge is -2.29. The highest BCUT2D eigenvalue weighted by Gasteiger charge is 2.39. The molecule has 0 fully saturated rings. The third kappa shape index (κ3) is 4.82. The molecule has 0 spiro atoms. The molecule has 60 heavy (non-hydrogen) atoms. The lowest BCUT2D eigenvalue weighted by molar-refractivity contribution is 0.660. The summed E-state index contributed by atoms with van der Waals surface area (Å²) in [5.74, 6) is 0. The van der Waals surface area contributed by atoms with E-state index in [1.54, 1.807) is 0 Å². The zero-order chi connectivity index (χ0) is 40.3. The Labute approximate surface area is 351 Å². The molecule has 0 aliphatic heterocycles. The molecule has 2 nitrogen and oxygen atoms in total. The number of anilines is 3. The molecule has 1 heterocycles. The molecule has 0 amide bonds. The van der Waals surface area contributed by atoms with Crippen LogP contribution in [0, 0.1) is 0 Å². The normalized spacial score (nSPS) is 14.3. The molecule has 0 N–H and O–H groups in total. The fraction of sp³-hybridized carbons (Fsp3) is 0.103. The van der Waals surface area contributed by atoms with E-state index >= 15 is 0 Å². The van der Waals surface area contributed by atoms with Gasteiger partial charge in [0, 0.05) is 44.1 Å². The van der Waals surface area contributed by atoms with E-state index < -0.39 is 0 Å². The number of rotatable bonds is 5. The zero-order valence-electron chi connectivity index (χ0n) is 34.4. The fourth-order valence-corrected chi connectivity index (χ4v) is 10.9. The van der Waals surface area contributed by atoms with Gasteiger partial charge in [0.2, 0.25) is 0 Å². The molecule has 0 radical (unpaired) electrons. The standard InChI is InChI=1S/C58H44N2/c1-57(2)48-26-16-14-24-46(48)54-49(57)33-34-51-56(54)55-45-23-12-11-22-44(45)52(36-53(55)60(51)39-19-9-6-10-20-39)59(40-29-27-38(28-30-40)37-17-7-5-8-18-37)41-31-32-43-42-21-13-15-25-47(42)58(3,4)50(43)35-41/h5-36H,1-4H3. The highest BCUT2D eigenvalue weighted by molar-refractivity contribution is 6.28. The summed E-state index contributed by atoms with van der Waals surface area (Å²) in [7, 11) is 0. The molecule has 2 heteroatoms. The largest absolute Gasteiger partial charge is 0.310 e. The average Bonchev–Trinajstić information content (AvgIpc) is 3.84. The molecule has 0 saturated heterocycles. The molecule has 10 aromatic rings. The van der Waals surface area contributed by atoms with Crippen molar-refractivity contribution in [2.75, 3.05) is 4.90 Å². The number of fused-ring (bicyclic) bond motifs is 12. The van der Waals surface area contributed by atoms with Crippen LogP contribution < -0.4 is 4.90 Å². The molecular weight excluding hydrogens is 725 g/mol. The van der Waals surface area contributed by atoms with E-state index in [-0.39, 0.29) is 10.8 Å². The Morgan fingerprint density at radius 1 is 0.383 bits per heavy atom. The second-order valence-corrected chi connectivity index (χ2v) is 17.7. The summed E-state index contributed by atoms with van der Waals surface area (Å²) in [6.45, 7) is 9.51. The van der Waals surface area contributed by atoms with Crippen LogP contribution >= 0.6 is 0 Å². The predicted octanol–water partition coefficient (Wildman–Crippen LogP) is 15.7. The van der Waals surface area contributed by atoms with E-state index in [1.807, 2.05) is 0 Å². The van der Waals surface area contributed by atoms with Crippen molar-refractivity contribution >= 4 is 49.6 Å². The second-order valence-electron chi connectivity index (χ2n) is 17.7. The van der Waals surface area contributed by atoms with E-state index in [9.17, 15) is 0 Å². The van der Waals surface area contributed by atoms with E-state index in [2.05, 4.69) is 231 Å². The maximum atomic E-state index is 2.51. The van der Waals surface area contributed by atoms with Crippen LogP contribution in [0.1, 0.15) is 49.9 Å². The molecule has 2 aliphatic rings. The molecule has 0 atom stereocenters. The van der Waals surface area contributed by atoms with Crippen LogP contribution in [0.2, 0.25) is 0 Å². The van der Waals surface area contributed by atoms with Crippen molar-refractivity contribution in [3.8, 4) is 39.1 Å². The summed E-state index contributed by atoms with van der Waals surface area (Å²) in [5, 5.41) is 5.08. The first-order valence-corrected chi connectivity index (χ1v) is 21.2. The van der Waals surface area contributed by atoms with Gasteiger partial charge in [-0.05, 0) is 110 Å². The van der Waals surface area contributed by atoms with Crippen molar-refractivity contribution in [2.24, 2.45) is 0 Å². The van der Waals surface area contributed by atoms with Gasteiger partial charge < -0.3 is 9.47 Å². The molecule has 2 aliphatic carbocycles. The van der Waals surface area contributed by atoms with Gasteiger partial charge in [-0.3, -0.25) is 0 Å². The van der Waals surface area contributed by atoms with Crippen LogP contribution in [-0.4, -0.2) is 4.57 Å². The quantitative estimate of drug-likeness (QED) is 0.169. The van der Waals surface area contributed by atoms with Crippen LogP contribution in [0.25, 0.3) is 71.6 Å². The third-order valence-corrected chi connectivity index (χ3v) is 13.8. The van der Waals surface area contributed by atoms with Crippen LogP contribution in [0.15, 0.2) is 194 Å². The minimum atomic E-state index is -0.138. The minimum absolute atomic E-state index is 0.110. The van der Waals surface area contributed by atoms with Gasteiger partial charge in [-0.25, -0.2) is 0 Å². The molecule has 9 aromatic carbocycles. The molecule has 0 saturated carbocycles. The molecule has 0 unspecified atom stereocenters. The number of aromatic nitrogens is 1. The maximum absolute atomic E-state index is 2.51. The zero-order valence-corrected chi connectivity index (χ0v) is 34.4. The van der Waals surface area contributed by atoms with E-state index in [0.29, 0.717) is 0 Å². The first-order chi connectivity index (χ1) is 29.3. The lowest BCUT2D eigenvalue weighted by atomic mass is 9.82. The third-order valence-electron chi connectivity index (χ3n) is 13.8. The van der Waals surface area contributed by atoms with Crippen molar-refractivity contribution in [1.29, 1.82) is 0 Å². The number of benzene rings is 9. The van der Waals surface area contributed by atoms with Crippen LogP contribution in [0.3, 0.4) is 0 Å². The predicted molar refractivity (Wildman–Crippen MR) is 254 cm³/mol. The van der Waals surface area contributed by atoms with Crippen molar-refractivity contribution in [3.63, 3.8) is 0 Å². The van der Waals surface area contributed by atoms with Gasteiger partial charge in [-0.15, -0.1) is 0 Å². The Bertz CT molecular complexity index is 3350. The summed E-state index contributed by atoms with van der Waals surface area (Å²) in [6.07, 6.45) is 0. The second kappa shape index (κ2) is 12.7. The minimum Gasteiger partial charge on any atom is -0.310 e. The van der Waals surface area contributed by atoms with Gasteiger partial charge >= 0.3 is 0 Å². The summed E-state index contributed by atoms with van der Waals surface area (Å²) in [5.41, 5.74) is 20.0. The number of hydrogen-bond acceptors (Lipinski definition) is 1. The van der Waals surface area contributed by atoms with Gasteiger partial charge in [0.15, 0.2) is 0 Å². The lowest BCUT2D eigenvalue weighted by Crippen LogP contribution is -2.16.